The maximum Gasteiger partial charge on any atom is 0.251 e. The zero-order valence-electron chi connectivity index (χ0n) is 10.9. The van der Waals surface area contributed by atoms with Crippen LogP contribution in [0.25, 0.3) is 0 Å². The molecule has 2 aliphatic rings. The number of ether oxygens (including phenoxy) is 1. The summed E-state index contributed by atoms with van der Waals surface area (Å²) >= 11 is 0. The quantitative estimate of drug-likeness (QED) is 0.805. The van der Waals surface area contributed by atoms with Gasteiger partial charge in [-0.2, -0.15) is 0 Å². The van der Waals surface area contributed by atoms with Crippen LogP contribution in [0.15, 0.2) is 0 Å². The van der Waals surface area contributed by atoms with Crippen molar-refractivity contribution in [1.29, 1.82) is 0 Å². The number of carbonyl (C=O) groups excluding carboxylic acids is 1. The Balaban J connectivity index is 1.95. The van der Waals surface area contributed by atoms with Crippen LogP contribution in [0.4, 0.5) is 0 Å². The van der Waals surface area contributed by atoms with E-state index < -0.39 is 0 Å². The number of nitrogens with zero attached hydrogens (tertiary/aromatic N) is 1. The molecule has 1 amide bonds. The topological polar surface area (TPSA) is 55.6 Å². The zero-order valence-corrected chi connectivity index (χ0v) is 10.9. The minimum atomic E-state index is -0.233. The van der Waals surface area contributed by atoms with Crippen LogP contribution in [0.2, 0.25) is 0 Å². The third kappa shape index (κ3) is 2.63. The average molecular weight is 240 g/mol. The van der Waals surface area contributed by atoms with Crippen LogP contribution in [0.1, 0.15) is 39.5 Å². The second-order valence-corrected chi connectivity index (χ2v) is 5.55. The zero-order chi connectivity index (χ0) is 12.4. The molecule has 4 nitrogen and oxygen atoms in total. The summed E-state index contributed by atoms with van der Waals surface area (Å²) in [5.41, 5.74) is 5.58. The molecule has 4 heteroatoms. The summed E-state index contributed by atoms with van der Waals surface area (Å²) in [5.74, 6) is 0.727. The molecule has 98 valence electrons. The summed E-state index contributed by atoms with van der Waals surface area (Å²) in [6, 6.07) is 0.406. The third-order valence-electron chi connectivity index (χ3n) is 4.00. The molecule has 0 aromatic rings. The molecule has 2 heterocycles. The summed E-state index contributed by atoms with van der Waals surface area (Å²) in [7, 11) is 0. The molecule has 2 N–H and O–H groups in total. The van der Waals surface area contributed by atoms with E-state index >= 15 is 0 Å². The van der Waals surface area contributed by atoms with Gasteiger partial charge in [0, 0.05) is 19.1 Å². The molecule has 3 atom stereocenters. The SMILES string of the molecule is CC(C)C1CCCN1C(=O)C1CCC(CN)O1. The Hall–Kier alpha value is -0.610. The lowest BCUT2D eigenvalue weighted by Gasteiger charge is -2.29. The highest BCUT2D eigenvalue weighted by atomic mass is 16.5. The average Bonchev–Trinajstić information content (AvgIpc) is 2.97. The Morgan fingerprint density at radius 1 is 1.41 bits per heavy atom. The molecule has 2 fully saturated rings. The fourth-order valence-corrected chi connectivity index (χ4v) is 3.00. The van der Waals surface area contributed by atoms with Crippen LogP contribution in [0, 0.1) is 5.92 Å². The van der Waals surface area contributed by atoms with Crippen molar-refractivity contribution in [2.75, 3.05) is 13.1 Å². The second kappa shape index (κ2) is 5.36. The first-order chi connectivity index (χ1) is 8.13. The standard InChI is InChI=1S/C13H24N2O2/c1-9(2)11-4-3-7-15(11)13(16)12-6-5-10(8-14)17-12/h9-12H,3-8,14H2,1-2H3. The van der Waals surface area contributed by atoms with Gasteiger partial charge in [-0.05, 0) is 31.6 Å². The molecular weight excluding hydrogens is 216 g/mol. The van der Waals surface area contributed by atoms with E-state index in [1.165, 1.54) is 0 Å². The first-order valence-corrected chi connectivity index (χ1v) is 6.79. The van der Waals surface area contributed by atoms with E-state index in [1.54, 1.807) is 0 Å². The van der Waals surface area contributed by atoms with E-state index in [1.807, 2.05) is 4.90 Å². The normalized spacial score (nSPS) is 33.6. The summed E-state index contributed by atoms with van der Waals surface area (Å²) in [6.45, 7) is 5.80. The van der Waals surface area contributed by atoms with Crippen molar-refractivity contribution in [3.63, 3.8) is 0 Å². The molecule has 0 spiro atoms. The fraction of sp³-hybridized carbons (Fsp3) is 0.923. The predicted octanol–water partition coefficient (Wildman–Crippen LogP) is 1.14. The van der Waals surface area contributed by atoms with Crippen LogP contribution >= 0.6 is 0 Å². The lowest BCUT2D eigenvalue weighted by Crippen LogP contribution is -2.44. The van der Waals surface area contributed by atoms with E-state index in [-0.39, 0.29) is 18.1 Å². The van der Waals surface area contributed by atoms with E-state index in [9.17, 15) is 4.79 Å². The molecule has 0 aromatic heterocycles. The number of hydrogen-bond acceptors (Lipinski definition) is 3. The third-order valence-corrected chi connectivity index (χ3v) is 4.00. The van der Waals surface area contributed by atoms with Gasteiger partial charge in [0.05, 0.1) is 6.10 Å². The van der Waals surface area contributed by atoms with Gasteiger partial charge < -0.3 is 15.4 Å². The van der Waals surface area contributed by atoms with E-state index in [2.05, 4.69) is 13.8 Å². The summed E-state index contributed by atoms with van der Waals surface area (Å²) in [6.07, 6.45) is 3.87. The monoisotopic (exact) mass is 240 g/mol. The van der Waals surface area contributed by atoms with Gasteiger partial charge in [-0.15, -0.1) is 0 Å². The molecule has 0 saturated carbocycles. The first-order valence-electron chi connectivity index (χ1n) is 6.79. The van der Waals surface area contributed by atoms with Crippen molar-refractivity contribution in [3.8, 4) is 0 Å². The van der Waals surface area contributed by atoms with Gasteiger partial charge in [-0.1, -0.05) is 13.8 Å². The molecule has 2 rings (SSSR count). The van der Waals surface area contributed by atoms with Crippen LogP contribution < -0.4 is 5.73 Å². The highest BCUT2D eigenvalue weighted by Crippen LogP contribution is 2.28. The van der Waals surface area contributed by atoms with Crippen LogP contribution in [-0.4, -0.2) is 42.1 Å². The van der Waals surface area contributed by atoms with Gasteiger partial charge in [0.1, 0.15) is 6.10 Å². The number of hydrogen-bond donors (Lipinski definition) is 1. The smallest absolute Gasteiger partial charge is 0.251 e. The Labute approximate surface area is 103 Å². The molecular formula is C13H24N2O2. The van der Waals surface area contributed by atoms with Crippen molar-refractivity contribution in [2.45, 2.75) is 57.8 Å². The number of amides is 1. The molecule has 0 aromatic carbocycles. The summed E-state index contributed by atoms with van der Waals surface area (Å²) in [5, 5.41) is 0. The highest BCUT2D eigenvalue weighted by Gasteiger charge is 2.38. The molecule has 17 heavy (non-hydrogen) atoms. The van der Waals surface area contributed by atoms with E-state index in [0.29, 0.717) is 18.5 Å². The highest BCUT2D eigenvalue weighted by molar-refractivity contribution is 5.81. The largest absolute Gasteiger partial charge is 0.364 e. The van der Waals surface area contributed by atoms with Gasteiger partial charge >= 0.3 is 0 Å². The van der Waals surface area contributed by atoms with Crippen LogP contribution in [0.3, 0.4) is 0 Å². The number of rotatable bonds is 3. The summed E-state index contributed by atoms with van der Waals surface area (Å²) in [4.78, 5) is 14.4. The minimum Gasteiger partial charge on any atom is -0.364 e. The number of carbonyl (C=O) groups is 1. The number of nitrogens with two attached hydrogens (primary N) is 1. The Morgan fingerprint density at radius 2 is 2.18 bits per heavy atom. The summed E-state index contributed by atoms with van der Waals surface area (Å²) < 4.78 is 5.70. The van der Waals surface area contributed by atoms with Crippen molar-refractivity contribution < 1.29 is 9.53 Å². The van der Waals surface area contributed by atoms with Gasteiger partial charge in [-0.25, -0.2) is 0 Å². The lowest BCUT2D eigenvalue weighted by atomic mass is 10.0. The molecule has 3 unspecified atom stereocenters. The maximum atomic E-state index is 12.4. The maximum absolute atomic E-state index is 12.4. The van der Waals surface area contributed by atoms with Crippen molar-refractivity contribution >= 4 is 5.91 Å². The first kappa shape index (κ1) is 12.8. The van der Waals surface area contributed by atoms with Gasteiger partial charge in [0.2, 0.25) is 0 Å². The van der Waals surface area contributed by atoms with Crippen molar-refractivity contribution in [2.24, 2.45) is 11.7 Å². The predicted molar refractivity (Wildman–Crippen MR) is 66.5 cm³/mol. The Morgan fingerprint density at radius 3 is 2.76 bits per heavy atom. The number of likely N-dealkylation sites (tertiary alicyclic amines) is 1. The Kier molecular flexibility index (Phi) is 4.05. The molecule has 0 radical (unpaired) electrons. The van der Waals surface area contributed by atoms with Crippen LogP contribution in [0.5, 0.6) is 0 Å². The molecule has 0 bridgehead atoms. The van der Waals surface area contributed by atoms with Crippen molar-refractivity contribution in [1.82, 2.24) is 4.90 Å². The minimum absolute atomic E-state index is 0.0871. The molecule has 0 aliphatic carbocycles. The molecule has 2 saturated heterocycles. The lowest BCUT2D eigenvalue weighted by molar-refractivity contribution is -0.144. The van der Waals surface area contributed by atoms with Gasteiger partial charge in [-0.3, -0.25) is 4.79 Å². The van der Waals surface area contributed by atoms with Gasteiger partial charge in [0.15, 0.2) is 0 Å². The van der Waals surface area contributed by atoms with Gasteiger partial charge in [0.25, 0.3) is 5.91 Å². The second-order valence-electron chi connectivity index (χ2n) is 5.55. The van der Waals surface area contributed by atoms with Crippen LogP contribution in [-0.2, 0) is 9.53 Å². The molecule has 2 aliphatic heterocycles. The van der Waals surface area contributed by atoms with E-state index in [4.69, 9.17) is 10.5 Å². The Bertz CT molecular complexity index is 281. The van der Waals surface area contributed by atoms with Crippen molar-refractivity contribution in [3.05, 3.63) is 0 Å². The fourth-order valence-electron chi connectivity index (χ4n) is 3.00. The van der Waals surface area contributed by atoms with E-state index in [0.717, 1.165) is 32.2 Å².